The minimum Gasteiger partial charge on any atom is -0.473 e. The first-order valence-electron chi connectivity index (χ1n) is 5.06. The standard InChI is InChI=1S/C11H13N3O2/c1-2-4-10(5-3-1)9-15-6-7-16-11-8-12-14-13-11/h1-5,8H,6-7,9H2,(H,12,13,14). The molecule has 0 aliphatic carbocycles. The van der Waals surface area contributed by atoms with Gasteiger partial charge in [0.15, 0.2) is 0 Å². The molecule has 1 N–H and O–H groups in total. The zero-order valence-corrected chi connectivity index (χ0v) is 8.80. The average molecular weight is 219 g/mol. The molecule has 0 aliphatic heterocycles. The number of nitrogens with zero attached hydrogens (tertiary/aromatic N) is 2. The Morgan fingerprint density at radius 3 is 2.75 bits per heavy atom. The smallest absolute Gasteiger partial charge is 0.253 e. The Hall–Kier alpha value is -1.88. The molecule has 5 nitrogen and oxygen atoms in total. The Balaban J connectivity index is 1.59. The average Bonchev–Trinajstić information content (AvgIpc) is 2.83. The predicted octanol–water partition coefficient (Wildman–Crippen LogP) is 1.40. The fourth-order valence-corrected chi connectivity index (χ4v) is 1.23. The summed E-state index contributed by atoms with van der Waals surface area (Å²) in [6.07, 6.45) is 1.59. The number of nitrogens with one attached hydrogen (secondary N) is 1. The van der Waals surface area contributed by atoms with E-state index in [1.807, 2.05) is 30.3 Å². The number of aromatic amines is 1. The maximum atomic E-state index is 5.43. The van der Waals surface area contributed by atoms with Crippen LogP contribution < -0.4 is 4.74 Å². The summed E-state index contributed by atoms with van der Waals surface area (Å²) in [4.78, 5) is 0. The van der Waals surface area contributed by atoms with Gasteiger partial charge in [-0.3, -0.25) is 5.10 Å². The van der Waals surface area contributed by atoms with Crippen molar-refractivity contribution >= 4 is 0 Å². The Morgan fingerprint density at radius 1 is 1.12 bits per heavy atom. The van der Waals surface area contributed by atoms with Gasteiger partial charge in [-0.2, -0.15) is 0 Å². The molecule has 0 saturated carbocycles. The molecule has 1 aromatic heterocycles. The van der Waals surface area contributed by atoms with Crippen LogP contribution >= 0.6 is 0 Å². The van der Waals surface area contributed by atoms with Crippen LogP contribution in [0.4, 0.5) is 0 Å². The maximum absolute atomic E-state index is 5.43. The lowest BCUT2D eigenvalue weighted by atomic mass is 10.2. The first-order valence-corrected chi connectivity index (χ1v) is 5.06. The molecule has 84 valence electrons. The van der Waals surface area contributed by atoms with Gasteiger partial charge >= 0.3 is 0 Å². The van der Waals surface area contributed by atoms with Crippen molar-refractivity contribution in [1.29, 1.82) is 0 Å². The van der Waals surface area contributed by atoms with E-state index in [9.17, 15) is 0 Å². The molecule has 16 heavy (non-hydrogen) atoms. The lowest BCUT2D eigenvalue weighted by Crippen LogP contribution is -2.06. The van der Waals surface area contributed by atoms with Gasteiger partial charge in [0.2, 0.25) is 0 Å². The van der Waals surface area contributed by atoms with Gasteiger partial charge in [0.25, 0.3) is 5.88 Å². The van der Waals surface area contributed by atoms with E-state index in [0.29, 0.717) is 25.7 Å². The highest BCUT2D eigenvalue weighted by atomic mass is 16.5. The van der Waals surface area contributed by atoms with Gasteiger partial charge in [0.05, 0.1) is 19.4 Å². The third kappa shape index (κ3) is 3.36. The van der Waals surface area contributed by atoms with Crippen LogP contribution in [0, 0.1) is 0 Å². The predicted molar refractivity (Wildman–Crippen MR) is 58.0 cm³/mol. The second-order valence-corrected chi connectivity index (χ2v) is 3.20. The van der Waals surface area contributed by atoms with E-state index in [-0.39, 0.29) is 0 Å². The van der Waals surface area contributed by atoms with Crippen molar-refractivity contribution in [1.82, 2.24) is 15.4 Å². The summed E-state index contributed by atoms with van der Waals surface area (Å²) in [6, 6.07) is 10.0. The Bertz CT molecular complexity index is 389. The highest BCUT2D eigenvalue weighted by Crippen LogP contribution is 2.01. The number of benzene rings is 1. The molecule has 0 aliphatic rings. The Morgan fingerprint density at radius 2 is 2.00 bits per heavy atom. The normalized spacial score (nSPS) is 10.2. The molecule has 1 heterocycles. The molecule has 0 unspecified atom stereocenters. The van der Waals surface area contributed by atoms with Crippen LogP contribution in [-0.2, 0) is 11.3 Å². The van der Waals surface area contributed by atoms with Crippen molar-refractivity contribution in [3.63, 3.8) is 0 Å². The van der Waals surface area contributed by atoms with Gasteiger partial charge in [0, 0.05) is 0 Å². The molecule has 0 bridgehead atoms. The fourth-order valence-electron chi connectivity index (χ4n) is 1.23. The van der Waals surface area contributed by atoms with Crippen molar-refractivity contribution in [2.45, 2.75) is 6.61 Å². The van der Waals surface area contributed by atoms with E-state index < -0.39 is 0 Å². The monoisotopic (exact) mass is 219 g/mol. The number of aromatic nitrogens is 3. The van der Waals surface area contributed by atoms with Gasteiger partial charge in [-0.1, -0.05) is 40.6 Å². The molecule has 0 amide bonds. The summed E-state index contributed by atoms with van der Waals surface area (Å²) in [5.41, 5.74) is 1.16. The number of H-pyrrole nitrogens is 1. The van der Waals surface area contributed by atoms with E-state index in [4.69, 9.17) is 9.47 Å². The van der Waals surface area contributed by atoms with Crippen molar-refractivity contribution in [2.24, 2.45) is 0 Å². The summed E-state index contributed by atoms with van der Waals surface area (Å²) in [6.45, 7) is 1.60. The van der Waals surface area contributed by atoms with Crippen molar-refractivity contribution in [2.75, 3.05) is 13.2 Å². The van der Waals surface area contributed by atoms with E-state index in [1.54, 1.807) is 6.20 Å². The molecule has 0 saturated heterocycles. The number of hydrogen-bond donors (Lipinski definition) is 1. The summed E-state index contributed by atoms with van der Waals surface area (Å²) in [5, 5.41) is 9.79. The molecular weight excluding hydrogens is 206 g/mol. The number of rotatable bonds is 6. The summed E-state index contributed by atoms with van der Waals surface area (Å²) in [5.74, 6) is 0.489. The molecule has 0 spiro atoms. The molecule has 2 rings (SSSR count). The lowest BCUT2D eigenvalue weighted by Gasteiger charge is -2.04. The van der Waals surface area contributed by atoms with E-state index >= 15 is 0 Å². The van der Waals surface area contributed by atoms with Crippen LogP contribution in [0.15, 0.2) is 36.5 Å². The topological polar surface area (TPSA) is 60.0 Å². The van der Waals surface area contributed by atoms with Crippen LogP contribution in [0.25, 0.3) is 0 Å². The Labute approximate surface area is 93.4 Å². The van der Waals surface area contributed by atoms with Crippen LogP contribution in [-0.4, -0.2) is 28.6 Å². The third-order valence-electron chi connectivity index (χ3n) is 1.98. The molecule has 0 atom stereocenters. The molecule has 0 radical (unpaired) electrons. The van der Waals surface area contributed by atoms with Crippen LogP contribution in [0.3, 0.4) is 0 Å². The van der Waals surface area contributed by atoms with Crippen molar-refractivity contribution < 1.29 is 9.47 Å². The summed E-state index contributed by atoms with van der Waals surface area (Å²) < 4.78 is 10.7. The largest absolute Gasteiger partial charge is 0.473 e. The first-order chi connectivity index (χ1) is 7.95. The van der Waals surface area contributed by atoms with Crippen LogP contribution in [0.5, 0.6) is 5.88 Å². The molecule has 2 aromatic rings. The van der Waals surface area contributed by atoms with E-state index in [1.165, 1.54) is 0 Å². The van der Waals surface area contributed by atoms with E-state index in [2.05, 4.69) is 15.4 Å². The van der Waals surface area contributed by atoms with Gasteiger partial charge in [-0.15, -0.1) is 0 Å². The second kappa shape index (κ2) is 5.87. The van der Waals surface area contributed by atoms with Crippen LogP contribution in [0.1, 0.15) is 5.56 Å². The zero-order chi connectivity index (χ0) is 11.1. The number of ether oxygens (including phenoxy) is 2. The minimum absolute atomic E-state index is 0.472. The first kappa shape index (κ1) is 10.6. The second-order valence-electron chi connectivity index (χ2n) is 3.20. The van der Waals surface area contributed by atoms with E-state index in [0.717, 1.165) is 5.56 Å². The minimum atomic E-state index is 0.472. The quantitative estimate of drug-likeness (QED) is 0.746. The summed E-state index contributed by atoms with van der Waals surface area (Å²) in [7, 11) is 0. The van der Waals surface area contributed by atoms with Gasteiger partial charge < -0.3 is 9.47 Å². The molecule has 5 heteroatoms. The molecular formula is C11H13N3O2. The Kier molecular flexibility index (Phi) is 3.90. The van der Waals surface area contributed by atoms with Gasteiger partial charge in [0.1, 0.15) is 6.61 Å². The fraction of sp³-hybridized carbons (Fsp3) is 0.273. The highest BCUT2D eigenvalue weighted by molar-refractivity contribution is 5.13. The van der Waals surface area contributed by atoms with Gasteiger partial charge in [-0.05, 0) is 5.56 Å². The molecule has 1 aromatic carbocycles. The SMILES string of the molecule is c1ccc(COCCOc2c[nH]nn2)cc1. The third-order valence-corrected chi connectivity index (χ3v) is 1.98. The number of hydrogen-bond acceptors (Lipinski definition) is 4. The van der Waals surface area contributed by atoms with Gasteiger partial charge in [-0.25, -0.2) is 0 Å². The van der Waals surface area contributed by atoms with Crippen LogP contribution in [0.2, 0.25) is 0 Å². The highest BCUT2D eigenvalue weighted by Gasteiger charge is 1.96. The van der Waals surface area contributed by atoms with Crippen molar-refractivity contribution in [3.8, 4) is 5.88 Å². The zero-order valence-electron chi connectivity index (χ0n) is 8.80. The maximum Gasteiger partial charge on any atom is 0.253 e. The lowest BCUT2D eigenvalue weighted by molar-refractivity contribution is 0.0874. The summed E-state index contributed by atoms with van der Waals surface area (Å²) >= 11 is 0. The molecule has 0 fully saturated rings. The van der Waals surface area contributed by atoms with Crippen molar-refractivity contribution in [3.05, 3.63) is 42.1 Å².